The molecule has 0 aliphatic heterocycles. The Morgan fingerprint density at radius 1 is 0.474 bits per heavy atom. The average molecular weight is 767 g/mol. The number of hydrogen-bond acceptors (Lipinski definition) is 11. The van der Waals surface area contributed by atoms with Crippen LogP contribution in [0, 0.1) is 0 Å². The summed E-state index contributed by atoms with van der Waals surface area (Å²) in [5.74, 6) is -0.316. The van der Waals surface area contributed by atoms with E-state index in [-0.39, 0.29) is 40.0 Å². The third-order valence-electron chi connectivity index (χ3n) is 8.66. The van der Waals surface area contributed by atoms with Gasteiger partial charge >= 0.3 is 23.9 Å². The molecular weight excluding hydrogens is 728 g/mol. The zero-order valence-corrected chi connectivity index (χ0v) is 31.3. The van der Waals surface area contributed by atoms with Crippen molar-refractivity contribution in [2.75, 3.05) is 20.8 Å². The predicted octanol–water partition coefficient (Wildman–Crippen LogP) is 9.04. The van der Waals surface area contributed by atoms with E-state index >= 15 is 0 Å². The molecule has 11 nitrogen and oxygen atoms in total. The van der Waals surface area contributed by atoms with Gasteiger partial charge in [-0.15, -0.1) is 0 Å². The van der Waals surface area contributed by atoms with Crippen molar-refractivity contribution in [3.63, 3.8) is 0 Å². The fraction of sp³-hybridized carbons (Fsp3) is 0.130. The van der Waals surface area contributed by atoms with Crippen LogP contribution in [0.2, 0.25) is 0 Å². The number of carbonyl (C=O) groups excluding carboxylic acids is 4. The standard InChI is InChI=1S/C46H38O11/c1-30(51-2)27-28-53-40-25-26-41(42(29-40)52-3)46(50)57-39-23-15-35(16-24-39)45(49)56-38-21-13-34(14-22-38)44(48)55-37-19-11-32(12-20-37)31-9-17-36(18-10-31)54-43(47)33-7-5-4-6-8-33/h4-26,29-30H,27-28H2,1-3H3. The molecule has 57 heavy (non-hydrogen) atoms. The highest BCUT2D eigenvalue weighted by atomic mass is 16.6. The molecule has 0 bridgehead atoms. The second kappa shape index (κ2) is 18.9. The van der Waals surface area contributed by atoms with E-state index in [2.05, 4.69) is 0 Å². The molecule has 0 fully saturated rings. The van der Waals surface area contributed by atoms with E-state index in [1.807, 2.05) is 37.3 Å². The summed E-state index contributed by atoms with van der Waals surface area (Å²) in [7, 11) is 3.08. The van der Waals surface area contributed by atoms with Gasteiger partial charge in [0, 0.05) is 19.6 Å². The molecule has 0 N–H and O–H groups in total. The molecule has 6 aromatic rings. The van der Waals surface area contributed by atoms with Crippen LogP contribution in [-0.2, 0) is 4.74 Å². The zero-order valence-electron chi connectivity index (χ0n) is 31.3. The van der Waals surface area contributed by atoms with Gasteiger partial charge in [-0.05, 0) is 115 Å². The molecule has 6 rings (SSSR count). The van der Waals surface area contributed by atoms with Crippen LogP contribution in [0.15, 0.2) is 146 Å². The molecular formula is C46H38O11. The van der Waals surface area contributed by atoms with Crippen LogP contribution in [-0.4, -0.2) is 50.8 Å². The Balaban J connectivity index is 0.973. The summed E-state index contributed by atoms with van der Waals surface area (Å²) in [4.78, 5) is 50.9. The first-order valence-electron chi connectivity index (χ1n) is 17.9. The summed E-state index contributed by atoms with van der Waals surface area (Å²) in [5, 5.41) is 0. The molecule has 0 heterocycles. The Kier molecular flexibility index (Phi) is 13.1. The molecule has 0 aliphatic rings. The van der Waals surface area contributed by atoms with Crippen LogP contribution in [0.3, 0.4) is 0 Å². The number of methoxy groups -OCH3 is 2. The van der Waals surface area contributed by atoms with Gasteiger partial charge in [-0.3, -0.25) is 0 Å². The molecule has 0 aromatic heterocycles. The van der Waals surface area contributed by atoms with E-state index in [0.717, 1.165) is 11.1 Å². The van der Waals surface area contributed by atoms with E-state index in [0.29, 0.717) is 35.8 Å². The lowest BCUT2D eigenvalue weighted by Crippen LogP contribution is -2.12. The van der Waals surface area contributed by atoms with Crippen molar-refractivity contribution in [3.05, 3.63) is 168 Å². The Morgan fingerprint density at radius 2 is 0.877 bits per heavy atom. The molecule has 0 amide bonds. The van der Waals surface area contributed by atoms with Crippen molar-refractivity contribution in [1.82, 2.24) is 0 Å². The number of esters is 4. The average Bonchev–Trinajstić information content (AvgIpc) is 3.24. The van der Waals surface area contributed by atoms with E-state index in [1.54, 1.807) is 73.8 Å². The maximum absolute atomic E-state index is 12.9. The van der Waals surface area contributed by atoms with Gasteiger partial charge in [0.1, 0.15) is 40.1 Å². The van der Waals surface area contributed by atoms with Crippen molar-refractivity contribution >= 4 is 23.9 Å². The van der Waals surface area contributed by atoms with Crippen LogP contribution >= 0.6 is 0 Å². The number of rotatable bonds is 15. The van der Waals surface area contributed by atoms with Gasteiger partial charge in [0.2, 0.25) is 0 Å². The molecule has 0 radical (unpaired) electrons. The number of carbonyl (C=O) groups is 4. The largest absolute Gasteiger partial charge is 0.496 e. The zero-order chi connectivity index (χ0) is 40.1. The molecule has 0 aliphatic carbocycles. The summed E-state index contributed by atoms with van der Waals surface area (Å²) >= 11 is 0. The third kappa shape index (κ3) is 10.7. The van der Waals surface area contributed by atoms with Crippen LogP contribution < -0.4 is 28.4 Å². The number of ether oxygens (including phenoxy) is 7. The van der Waals surface area contributed by atoms with Crippen LogP contribution in [0.5, 0.6) is 34.5 Å². The highest BCUT2D eigenvalue weighted by Gasteiger charge is 2.18. The normalized spacial score (nSPS) is 11.1. The molecule has 1 unspecified atom stereocenters. The van der Waals surface area contributed by atoms with Gasteiger partial charge < -0.3 is 33.2 Å². The lowest BCUT2D eigenvalue weighted by molar-refractivity contribution is 0.0722. The van der Waals surface area contributed by atoms with Crippen molar-refractivity contribution in [3.8, 4) is 45.6 Å². The van der Waals surface area contributed by atoms with Crippen molar-refractivity contribution in [2.24, 2.45) is 0 Å². The monoisotopic (exact) mass is 766 g/mol. The van der Waals surface area contributed by atoms with E-state index in [1.165, 1.54) is 55.6 Å². The van der Waals surface area contributed by atoms with Gasteiger partial charge in [0.15, 0.2) is 0 Å². The van der Waals surface area contributed by atoms with Gasteiger partial charge in [0.05, 0.1) is 36.5 Å². The lowest BCUT2D eigenvalue weighted by atomic mass is 10.1. The fourth-order valence-electron chi connectivity index (χ4n) is 5.37. The SMILES string of the molecule is COc1cc(OCCC(C)OC)ccc1C(=O)Oc1ccc(C(=O)Oc2ccc(C(=O)Oc3ccc(-c4ccc(OC(=O)c5ccccc5)cc4)cc3)cc2)cc1. The molecule has 1 atom stereocenters. The maximum atomic E-state index is 12.9. The highest BCUT2D eigenvalue weighted by Crippen LogP contribution is 2.28. The highest BCUT2D eigenvalue weighted by molar-refractivity contribution is 5.95. The topological polar surface area (TPSA) is 133 Å². The first-order chi connectivity index (χ1) is 27.7. The molecule has 0 saturated carbocycles. The predicted molar refractivity (Wildman–Crippen MR) is 211 cm³/mol. The van der Waals surface area contributed by atoms with Crippen LogP contribution in [0.4, 0.5) is 0 Å². The minimum Gasteiger partial charge on any atom is -0.496 e. The molecule has 0 saturated heterocycles. The Hall–Kier alpha value is -7.24. The summed E-state index contributed by atoms with van der Waals surface area (Å²) in [6.07, 6.45) is 0.754. The van der Waals surface area contributed by atoms with Crippen molar-refractivity contribution in [1.29, 1.82) is 0 Å². The number of hydrogen-bond donors (Lipinski definition) is 0. The van der Waals surface area contributed by atoms with Crippen molar-refractivity contribution < 1.29 is 52.3 Å². The van der Waals surface area contributed by atoms with E-state index in [9.17, 15) is 19.2 Å². The van der Waals surface area contributed by atoms with E-state index in [4.69, 9.17) is 33.2 Å². The number of benzene rings is 6. The summed E-state index contributed by atoms with van der Waals surface area (Å²) in [5.41, 5.74) is 2.88. The van der Waals surface area contributed by atoms with Gasteiger partial charge in [-0.2, -0.15) is 0 Å². The van der Waals surface area contributed by atoms with E-state index < -0.39 is 23.9 Å². The summed E-state index contributed by atoms with van der Waals surface area (Å²) in [6, 6.07) is 39.5. The smallest absolute Gasteiger partial charge is 0.347 e. The third-order valence-corrected chi connectivity index (χ3v) is 8.66. The Morgan fingerprint density at radius 3 is 1.32 bits per heavy atom. The maximum Gasteiger partial charge on any atom is 0.347 e. The summed E-state index contributed by atoms with van der Waals surface area (Å²) in [6.45, 7) is 2.38. The second-order valence-electron chi connectivity index (χ2n) is 12.6. The fourth-order valence-corrected chi connectivity index (χ4v) is 5.37. The second-order valence-corrected chi connectivity index (χ2v) is 12.6. The molecule has 0 spiro atoms. The van der Waals surface area contributed by atoms with Crippen LogP contribution in [0.1, 0.15) is 54.8 Å². The Labute approximate surface area is 329 Å². The van der Waals surface area contributed by atoms with Gasteiger partial charge in [-0.25, -0.2) is 19.2 Å². The Bertz CT molecular complexity index is 2300. The first-order valence-corrected chi connectivity index (χ1v) is 17.9. The first kappa shape index (κ1) is 39.5. The lowest BCUT2D eigenvalue weighted by Gasteiger charge is -2.13. The molecule has 11 heteroatoms. The van der Waals surface area contributed by atoms with Gasteiger partial charge in [-0.1, -0.05) is 42.5 Å². The quantitative estimate of drug-likeness (QED) is 0.0732. The molecule has 6 aromatic carbocycles. The summed E-state index contributed by atoms with van der Waals surface area (Å²) < 4.78 is 38.3. The minimum atomic E-state index is -0.650. The van der Waals surface area contributed by atoms with Gasteiger partial charge in [0.25, 0.3) is 0 Å². The van der Waals surface area contributed by atoms with Crippen LogP contribution in [0.25, 0.3) is 11.1 Å². The minimum absolute atomic E-state index is 0.0539. The molecule has 288 valence electrons. The van der Waals surface area contributed by atoms with Crippen molar-refractivity contribution in [2.45, 2.75) is 19.4 Å².